The molecule has 0 aliphatic carbocycles. The van der Waals surface area contributed by atoms with E-state index in [1.54, 1.807) is 20.8 Å². The summed E-state index contributed by atoms with van der Waals surface area (Å²) in [4.78, 5) is 48.9. The Morgan fingerprint density at radius 1 is 0.824 bits per heavy atom. The summed E-state index contributed by atoms with van der Waals surface area (Å²) in [5.74, 6) is -1.73. The summed E-state index contributed by atoms with van der Waals surface area (Å²) in [7, 11) is 0. The van der Waals surface area contributed by atoms with Crippen molar-refractivity contribution in [2.75, 3.05) is 13.1 Å². The molecular formula is C25H31N3O6. The van der Waals surface area contributed by atoms with E-state index in [1.165, 1.54) is 0 Å². The highest BCUT2D eigenvalue weighted by Crippen LogP contribution is 2.07. The summed E-state index contributed by atoms with van der Waals surface area (Å²) in [5, 5.41) is 7.44. The number of carbonyl (C=O) groups excluding carboxylic acids is 4. The van der Waals surface area contributed by atoms with Crippen LogP contribution in [0.3, 0.4) is 0 Å². The van der Waals surface area contributed by atoms with E-state index >= 15 is 0 Å². The van der Waals surface area contributed by atoms with Crippen LogP contribution in [0.1, 0.15) is 31.9 Å². The number of carbonyl (C=O) groups is 4. The molecule has 2 aromatic rings. The van der Waals surface area contributed by atoms with E-state index in [-0.39, 0.29) is 26.1 Å². The molecule has 0 aliphatic heterocycles. The number of rotatable bonds is 10. The van der Waals surface area contributed by atoms with Gasteiger partial charge in [0, 0.05) is 6.42 Å². The maximum Gasteiger partial charge on any atom is 0.408 e. The minimum Gasteiger partial charge on any atom is -0.460 e. The topological polar surface area (TPSA) is 123 Å². The van der Waals surface area contributed by atoms with Gasteiger partial charge in [-0.25, -0.2) is 4.79 Å². The van der Waals surface area contributed by atoms with Crippen LogP contribution in [0.15, 0.2) is 60.7 Å². The van der Waals surface area contributed by atoms with Crippen LogP contribution >= 0.6 is 0 Å². The normalized spacial score (nSPS) is 11.6. The summed E-state index contributed by atoms with van der Waals surface area (Å²) >= 11 is 0. The molecule has 0 aromatic heterocycles. The van der Waals surface area contributed by atoms with Crippen LogP contribution in [-0.4, -0.2) is 48.6 Å². The lowest BCUT2D eigenvalue weighted by molar-refractivity contribution is -0.145. The lowest BCUT2D eigenvalue weighted by Gasteiger charge is -2.21. The van der Waals surface area contributed by atoms with Gasteiger partial charge < -0.3 is 25.4 Å². The minimum absolute atomic E-state index is 0.0933. The van der Waals surface area contributed by atoms with Gasteiger partial charge in [0.05, 0.1) is 0 Å². The highest BCUT2D eigenvalue weighted by atomic mass is 16.6. The standard InChI is InChI=1S/C25H31N3O6/c1-25(2,3)34-24(32)27-15-21(29)28-20(14-18-10-6-4-7-11-18)23(31)26-16-22(30)33-17-19-12-8-5-9-13-19/h4-13,20H,14-17H2,1-3H3,(H,26,31)(H,27,32)(H,28,29). The number of nitrogens with one attached hydrogen (secondary N) is 3. The second-order valence-electron chi connectivity index (χ2n) is 8.53. The zero-order valence-electron chi connectivity index (χ0n) is 19.6. The first kappa shape index (κ1) is 26.4. The minimum atomic E-state index is -0.961. The van der Waals surface area contributed by atoms with E-state index in [2.05, 4.69) is 16.0 Å². The molecule has 0 saturated carbocycles. The van der Waals surface area contributed by atoms with Gasteiger partial charge in [0.2, 0.25) is 11.8 Å². The van der Waals surface area contributed by atoms with Crippen LogP contribution in [-0.2, 0) is 36.9 Å². The molecule has 0 radical (unpaired) electrons. The predicted octanol–water partition coefficient (Wildman–Crippen LogP) is 2.10. The fourth-order valence-corrected chi connectivity index (χ4v) is 2.84. The Kier molecular flexibility index (Phi) is 10.1. The molecule has 9 nitrogen and oxygen atoms in total. The number of alkyl carbamates (subject to hydrolysis) is 1. The van der Waals surface area contributed by atoms with Crippen molar-refractivity contribution in [1.82, 2.24) is 16.0 Å². The van der Waals surface area contributed by atoms with Crippen molar-refractivity contribution in [3.8, 4) is 0 Å². The van der Waals surface area contributed by atoms with E-state index in [9.17, 15) is 19.2 Å². The fraction of sp³-hybridized carbons (Fsp3) is 0.360. The first-order valence-electron chi connectivity index (χ1n) is 10.9. The molecule has 2 aromatic carbocycles. The summed E-state index contributed by atoms with van der Waals surface area (Å²) in [6.45, 7) is 4.50. The summed E-state index contributed by atoms with van der Waals surface area (Å²) in [6.07, 6.45) is -0.544. The van der Waals surface area contributed by atoms with Gasteiger partial charge in [0.15, 0.2) is 0 Å². The van der Waals surface area contributed by atoms with Gasteiger partial charge in [-0.05, 0) is 31.9 Å². The van der Waals surface area contributed by atoms with Gasteiger partial charge >= 0.3 is 12.1 Å². The van der Waals surface area contributed by atoms with E-state index in [1.807, 2.05) is 60.7 Å². The third kappa shape index (κ3) is 10.6. The molecule has 0 saturated heterocycles. The molecule has 3 amide bonds. The molecule has 0 aliphatic rings. The second kappa shape index (κ2) is 13.0. The number of benzene rings is 2. The largest absolute Gasteiger partial charge is 0.460 e. The Morgan fingerprint density at radius 3 is 2.00 bits per heavy atom. The summed E-state index contributed by atoms with van der Waals surface area (Å²) in [6, 6.07) is 17.3. The van der Waals surface area contributed by atoms with Crippen molar-refractivity contribution in [2.24, 2.45) is 0 Å². The quantitative estimate of drug-likeness (QED) is 0.458. The maximum atomic E-state index is 12.7. The third-order valence-corrected chi connectivity index (χ3v) is 4.38. The molecular weight excluding hydrogens is 438 g/mol. The number of ether oxygens (including phenoxy) is 2. The lowest BCUT2D eigenvalue weighted by Crippen LogP contribution is -2.51. The van der Waals surface area contributed by atoms with Crippen molar-refractivity contribution in [2.45, 2.75) is 45.4 Å². The van der Waals surface area contributed by atoms with Crippen molar-refractivity contribution >= 4 is 23.9 Å². The highest BCUT2D eigenvalue weighted by Gasteiger charge is 2.23. The van der Waals surface area contributed by atoms with Crippen LogP contribution in [0.25, 0.3) is 0 Å². The van der Waals surface area contributed by atoms with Crippen LogP contribution in [0.4, 0.5) is 4.79 Å². The van der Waals surface area contributed by atoms with E-state index in [4.69, 9.17) is 9.47 Å². The van der Waals surface area contributed by atoms with Gasteiger partial charge in [-0.1, -0.05) is 60.7 Å². The highest BCUT2D eigenvalue weighted by molar-refractivity contribution is 5.91. The summed E-state index contributed by atoms with van der Waals surface area (Å²) in [5.41, 5.74) is 0.939. The van der Waals surface area contributed by atoms with Crippen LogP contribution in [0.2, 0.25) is 0 Å². The molecule has 182 valence electrons. The van der Waals surface area contributed by atoms with Crippen molar-refractivity contribution in [3.05, 3.63) is 71.8 Å². The maximum absolute atomic E-state index is 12.7. The zero-order chi connectivity index (χ0) is 25.0. The molecule has 0 spiro atoms. The lowest BCUT2D eigenvalue weighted by atomic mass is 10.1. The third-order valence-electron chi connectivity index (χ3n) is 4.38. The van der Waals surface area contributed by atoms with Crippen LogP contribution in [0, 0.1) is 0 Å². The fourth-order valence-electron chi connectivity index (χ4n) is 2.84. The van der Waals surface area contributed by atoms with Gasteiger partial charge in [-0.3, -0.25) is 14.4 Å². The molecule has 3 N–H and O–H groups in total. The monoisotopic (exact) mass is 469 g/mol. The van der Waals surface area contributed by atoms with Gasteiger partial charge in [0.25, 0.3) is 0 Å². The van der Waals surface area contributed by atoms with Crippen molar-refractivity contribution in [1.29, 1.82) is 0 Å². The number of hydrogen-bond donors (Lipinski definition) is 3. The summed E-state index contributed by atoms with van der Waals surface area (Å²) < 4.78 is 10.3. The molecule has 34 heavy (non-hydrogen) atoms. The van der Waals surface area contributed by atoms with Gasteiger partial charge in [-0.15, -0.1) is 0 Å². The number of esters is 1. The Balaban J connectivity index is 1.89. The number of hydrogen-bond acceptors (Lipinski definition) is 6. The van der Waals surface area contributed by atoms with Gasteiger partial charge in [0.1, 0.15) is 31.3 Å². The Hall–Kier alpha value is -3.88. The van der Waals surface area contributed by atoms with Gasteiger partial charge in [-0.2, -0.15) is 0 Å². The average molecular weight is 470 g/mol. The van der Waals surface area contributed by atoms with E-state index in [0.29, 0.717) is 0 Å². The molecule has 9 heteroatoms. The smallest absolute Gasteiger partial charge is 0.408 e. The van der Waals surface area contributed by atoms with Crippen LogP contribution in [0.5, 0.6) is 0 Å². The van der Waals surface area contributed by atoms with Crippen molar-refractivity contribution in [3.63, 3.8) is 0 Å². The van der Waals surface area contributed by atoms with Crippen molar-refractivity contribution < 1.29 is 28.7 Å². The first-order chi connectivity index (χ1) is 16.1. The first-order valence-corrected chi connectivity index (χ1v) is 10.9. The Morgan fingerprint density at radius 2 is 1.41 bits per heavy atom. The van der Waals surface area contributed by atoms with E-state index < -0.39 is 35.5 Å². The molecule has 2 rings (SSSR count). The molecule has 1 atom stereocenters. The van der Waals surface area contributed by atoms with Crippen LogP contribution < -0.4 is 16.0 Å². The molecule has 1 unspecified atom stereocenters. The zero-order valence-corrected chi connectivity index (χ0v) is 19.6. The average Bonchev–Trinajstić information content (AvgIpc) is 2.79. The second-order valence-corrected chi connectivity index (χ2v) is 8.53. The molecule has 0 heterocycles. The predicted molar refractivity (Wildman–Crippen MR) is 126 cm³/mol. The Labute approximate surface area is 199 Å². The SMILES string of the molecule is CC(C)(C)OC(=O)NCC(=O)NC(Cc1ccccc1)C(=O)NCC(=O)OCc1ccccc1. The molecule has 0 fully saturated rings. The Bertz CT molecular complexity index is 958. The number of amides is 3. The van der Waals surface area contributed by atoms with E-state index in [0.717, 1.165) is 11.1 Å². The molecule has 0 bridgehead atoms.